The van der Waals surface area contributed by atoms with Crippen molar-refractivity contribution in [3.8, 4) is 17.1 Å². The first-order valence-corrected chi connectivity index (χ1v) is 12.5. The molecule has 4 aromatic rings. The van der Waals surface area contributed by atoms with Crippen molar-refractivity contribution in [1.82, 2.24) is 19.9 Å². The van der Waals surface area contributed by atoms with E-state index in [4.69, 9.17) is 4.74 Å². The standard InChI is InChI=1S/C27H28F2N6O2/c28-19-2-1-3-20(29)25(19)21-14-22(26-23(32-21)16-31-27(26)36)33-24-5-4-18(15-30-24)34-8-6-17(7-9-34)35-10-12-37-13-11-35/h1-5,14-17,31,36H,6-13H2,(H,30,33). The van der Waals surface area contributed by atoms with Gasteiger partial charge < -0.3 is 25.0 Å². The predicted molar refractivity (Wildman–Crippen MR) is 138 cm³/mol. The van der Waals surface area contributed by atoms with Crippen LogP contribution in [-0.2, 0) is 4.74 Å². The first kappa shape index (κ1) is 23.6. The fourth-order valence-electron chi connectivity index (χ4n) is 5.31. The number of aromatic hydroxyl groups is 1. The zero-order chi connectivity index (χ0) is 25.4. The highest BCUT2D eigenvalue weighted by atomic mass is 19.1. The number of H-pyrrole nitrogens is 1. The fourth-order valence-corrected chi connectivity index (χ4v) is 5.31. The summed E-state index contributed by atoms with van der Waals surface area (Å²) in [5, 5.41) is 14.0. The van der Waals surface area contributed by atoms with Crippen LogP contribution in [0.5, 0.6) is 5.88 Å². The molecule has 0 aliphatic carbocycles. The zero-order valence-electron chi connectivity index (χ0n) is 20.3. The second-order valence-corrected chi connectivity index (χ2v) is 9.44. The summed E-state index contributed by atoms with van der Waals surface area (Å²) in [5.41, 5.74) is 1.75. The Hall–Kier alpha value is -3.76. The van der Waals surface area contributed by atoms with Gasteiger partial charge in [-0.25, -0.2) is 18.7 Å². The van der Waals surface area contributed by atoms with Crippen molar-refractivity contribution in [3.05, 3.63) is 60.4 Å². The number of piperidine rings is 1. The molecule has 10 heteroatoms. The molecule has 0 atom stereocenters. The van der Waals surface area contributed by atoms with Crippen LogP contribution >= 0.6 is 0 Å². The third kappa shape index (κ3) is 4.70. The van der Waals surface area contributed by atoms with Crippen molar-refractivity contribution in [1.29, 1.82) is 0 Å². The molecule has 6 rings (SSSR count). The lowest BCUT2D eigenvalue weighted by Gasteiger charge is -2.40. The van der Waals surface area contributed by atoms with E-state index in [1.165, 1.54) is 30.5 Å². The first-order valence-electron chi connectivity index (χ1n) is 12.5. The second kappa shape index (κ2) is 9.95. The number of fused-ring (bicyclic) bond motifs is 1. The van der Waals surface area contributed by atoms with Gasteiger partial charge in [-0.1, -0.05) is 6.07 Å². The normalized spacial score (nSPS) is 17.4. The summed E-state index contributed by atoms with van der Waals surface area (Å²) in [6.07, 6.45) is 5.54. The van der Waals surface area contributed by atoms with Crippen LogP contribution in [0, 0.1) is 11.6 Å². The van der Waals surface area contributed by atoms with Gasteiger partial charge in [-0.05, 0) is 43.2 Å². The maximum absolute atomic E-state index is 14.5. The Morgan fingerprint density at radius 1 is 1.03 bits per heavy atom. The Balaban J connectivity index is 1.21. The molecule has 3 N–H and O–H groups in total. The number of benzene rings is 1. The van der Waals surface area contributed by atoms with E-state index in [9.17, 15) is 13.9 Å². The molecule has 192 valence electrons. The molecule has 5 heterocycles. The van der Waals surface area contributed by atoms with E-state index >= 15 is 0 Å². The molecular formula is C27H28F2N6O2. The number of ether oxygens (including phenoxy) is 1. The SMILES string of the molecule is Oc1[nH]cc2nc(-c3c(F)cccc3F)cc(Nc3ccc(N4CCC(N5CCOCC5)CC4)cn3)c12. The highest BCUT2D eigenvalue weighted by molar-refractivity contribution is 5.99. The van der Waals surface area contributed by atoms with Crippen LogP contribution < -0.4 is 10.2 Å². The number of rotatable bonds is 5. The summed E-state index contributed by atoms with van der Waals surface area (Å²) in [4.78, 5) is 16.5. The molecule has 0 saturated carbocycles. The predicted octanol–water partition coefficient (Wildman–Crippen LogP) is 4.65. The van der Waals surface area contributed by atoms with Gasteiger partial charge in [0.2, 0.25) is 0 Å². The summed E-state index contributed by atoms with van der Waals surface area (Å²) < 4.78 is 34.4. The van der Waals surface area contributed by atoms with E-state index in [-0.39, 0.29) is 17.1 Å². The van der Waals surface area contributed by atoms with E-state index < -0.39 is 11.6 Å². The number of nitrogens with one attached hydrogen (secondary N) is 2. The summed E-state index contributed by atoms with van der Waals surface area (Å²) >= 11 is 0. The number of halogens is 2. The van der Waals surface area contributed by atoms with Gasteiger partial charge in [0, 0.05) is 38.4 Å². The van der Waals surface area contributed by atoms with E-state index in [0.29, 0.717) is 28.5 Å². The van der Waals surface area contributed by atoms with Crippen LogP contribution in [0.3, 0.4) is 0 Å². The highest BCUT2D eigenvalue weighted by Gasteiger charge is 2.26. The Bertz CT molecular complexity index is 1380. The van der Waals surface area contributed by atoms with Gasteiger partial charge in [-0.2, -0.15) is 0 Å². The number of hydrogen-bond donors (Lipinski definition) is 3. The van der Waals surface area contributed by atoms with Crippen molar-refractivity contribution in [2.24, 2.45) is 0 Å². The summed E-state index contributed by atoms with van der Waals surface area (Å²) in [7, 11) is 0. The molecule has 8 nitrogen and oxygen atoms in total. The van der Waals surface area contributed by atoms with Crippen molar-refractivity contribution in [2.75, 3.05) is 49.6 Å². The number of hydrogen-bond acceptors (Lipinski definition) is 7. The number of aromatic nitrogens is 3. The highest BCUT2D eigenvalue weighted by Crippen LogP contribution is 2.36. The van der Waals surface area contributed by atoms with Crippen molar-refractivity contribution >= 4 is 28.1 Å². The Kier molecular flexibility index (Phi) is 6.35. The molecule has 37 heavy (non-hydrogen) atoms. The molecule has 2 aliphatic rings. The molecule has 1 aromatic carbocycles. The fraction of sp³-hybridized carbons (Fsp3) is 0.333. The largest absolute Gasteiger partial charge is 0.494 e. The number of anilines is 3. The van der Waals surface area contributed by atoms with Crippen molar-refractivity contribution < 1.29 is 18.6 Å². The van der Waals surface area contributed by atoms with Crippen LogP contribution in [0.15, 0.2) is 48.8 Å². The molecule has 2 aliphatic heterocycles. The number of aromatic amines is 1. The minimum atomic E-state index is -0.711. The Morgan fingerprint density at radius 3 is 2.49 bits per heavy atom. The van der Waals surface area contributed by atoms with Gasteiger partial charge in [0.15, 0.2) is 5.88 Å². The minimum Gasteiger partial charge on any atom is -0.494 e. The number of morpholine rings is 1. The summed E-state index contributed by atoms with van der Waals surface area (Å²) in [6, 6.07) is 9.69. The molecule has 0 radical (unpaired) electrons. The van der Waals surface area contributed by atoms with Gasteiger partial charge in [-0.15, -0.1) is 0 Å². The topological polar surface area (TPSA) is 89.5 Å². The maximum atomic E-state index is 14.5. The van der Waals surface area contributed by atoms with Crippen LogP contribution in [0.1, 0.15) is 12.8 Å². The van der Waals surface area contributed by atoms with Crippen LogP contribution in [0.2, 0.25) is 0 Å². The van der Waals surface area contributed by atoms with Crippen LogP contribution in [-0.4, -0.2) is 70.4 Å². The first-order chi connectivity index (χ1) is 18.1. The lowest BCUT2D eigenvalue weighted by Crippen LogP contribution is -2.49. The molecule has 0 bridgehead atoms. The quantitative estimate of drug-likeness (QED) is 0.363. The molecule has 0 spiro atoms. The van der Waals surface area contributed by atoms with Crippen LogP contribution in [0.4, 0.5) is 26.0 Å². The Morgan fingerprint density at radius 2 is 1.78 bits per heavy atom. The van der Waals surface area contributed by atoms with Crippen molar-refractivity contribution in [2.45, 2.75) is 18.9 Å². The molecule has 2 fully saturated rings. The third-order valence-electron chi connectivity index (χ3n) is 7.25. The van der Waals surface area contributed by atoms with Gasteiger partial charge >= 0.3 is 0 Å². The van der Waals surface area contributed by atoms with E-state index in [1.54, 1.807) is 0 Å². The monoisotopic (exact) mass is 506 g/mol. The second-order valence-electron chi connectivity index (χ2n) is 9.44. The van der Waals surface area contributed by atoms with Crippen LogP contribution in [0.25, 0.3) is 22.2 Å². The average molecular weight is 507 g/mol. The minimum absolute atomic E-state index is 0.0923. The van der Waals surface area contributed by atoms with E-state index in [0.717, 1.165) is 57.9 Å². The summed E-state index contributed by atoms with van der Waals surface area (Å²) in [5.74, 6) is -0.972. The molecule has 2 saturated heterocycles. The Labute approximate surface area is 212 Å². The van der Waals surface area contributed by atoms with Gasteiger partial charge in [0.05, 0.1) is 52.9 Å². The molecule has 3 aromatic heterocycles. The third-order valence-corrected chi connectivity index (χ3v) is 7.25. The summed E-state index contributed by atoms with van der Waals surface area (Å²) in [6.45, 7) is 5.60. The number of pyridine rings is 2. The van der Waals surface area contributed by atoms with Gasteiger partial charge in [0.1, 0.15) is 17.5 Å². The number of nitrogens with zero attached hydrogens (tertiary/aromatic N) is 4. The molecule has 0 amide bonds. The smallest absolute Gasteiger partial charge is 0.200 e. The van der Waals surface area contributed by atoms with Crippen molar-refractivity contribution in [3.63, 3.8) is 0 Å². The zero-order valence-corrected chi connectivity index (χ0v) is 20.3. The molecule has 0 unspecified atom stereocenters. The van der Waals surface area contributed by atoms with E-state index in [1.807, 2.05) is 18.3 Å². The lowest BCUT2D eigenvalue weighted by atomic mass is 10.0. The average Bonchev–Trinajstić information content (AvgIpc) is 3.30. The van der Waals surface area contributed by atoms with Gasteiger partial charge in [-0.3, -0.25) is 4.90 Å². The lowest BCUT2D eigenvalue weighted by molar-refractivity contribution is 0.0115. The van der Waals surface area contributed by atoms with Gasteiger partial charge in [0.25, 0.3) is 0 Å². The molecular weight excluding hydrogens is 478 g/mol. The maximum Gasteiger partial charge on any atom is 0.200 e. The van der Waals surface area contributed by atoms with E-state index in [2.05, 4.69) is 30.1 Å².